The highest BCUT2D eigenvalue weighted by atomic mass is 35.5. The van der Waals surface area contributed by atoms with E-state index in [0.29, 0.717) is 33.1 Å². The molecule has 0 spiro atoms. The molecule has 2 N–H and O–H groups in total. The molecule has 1 amide bonds. The van der Waals surface area contributed by atoms with Crippen LogP contribution in [0.2, 0.25) is 5.02 Å². The Morgan fingerprint density at radius 1 is 1.19 bits per heavy atom. The molecule has 1 atom stereocenters. The second-order valence-electron chi connectivity index (χ2n) is 6.93. The number of rotatable bonds is 6. The largest absolute Gasteiger partial charge is 0.493 e. The van der Waals surface area contributed by atoms with Gasteiger partial charge in [-0.3, -0.25) is 9.59 Å². The number of benzene rings is 2. The van der Waals surface area contributed by atoms with Crippen LogP contribution in [0.5, 0.6) is 11.5 Å². The molecule has 0 fully saturated rings. The highest BCUT2D eigenvalue weighted by Crippen LogP contribution is 2.38. The summed E-state index contributed by atoms with van der Waals surface area (Å²) in [5.74, 6) is 0.703. The number of anilines is 1. The number of H-pyrrole nitrogens is 1. The molecule has 1 aliphatic heterocycles. The standard InChI is InChI=1S/C22H20ClN3O4S/c1-29-17-9-12(7-8-16(17)30-11-13-5-3-4-6-15(13)23)14-10-18(27)24-20-19(14)21(28)26-22(25-20)31-2/h3-9,14H,10-11H2,1-2H3,(H2,24,25,26,27,28). The van der Waals surface area contributed by atoms with Crippen LogP contribution < -0.4 is 20.3 Å². The Balaban J connectivity index is 1.66. The normalized spacial score (nSPS) is 15.2. The number of hydrogen-bond acceptors (Lipinski definition) is 6. The summed E-state index contributed by atoms with van der Waals surface area (Å²) >= 11 is 7.50. The maximum atomic E-state index is 12.7. The Kier molecular flexibility index (Phi) is 6.20. The second kappa shape index (κ2) is 9.03. The zero-order valence-electron chi connectivity index (χ0n) is 16.9. The van der Waals surface area contributed by atoms with Gasteiger partial charge < -0.3 is 19.8 Å². The summed E-state index contributed by atoms with van der Waals surface area (Å²) in [5.41, 5.74) is 1.79. The molecule has 0 aliphatic carbocycles. The lowest BCUT2D eigenvalue weighted by atomic mass is 9.86. The van der Waals surface area contributed by atoms with E-state index >= 15 is 0 Å². The molecule has 3 aromatic rings. The molecule has 4 rings (SSSR count). The Morgan fingerprint density at radius 3 is 2.74 bits per heavy atom. The molecule has 2 heterocycles. The predicted octanol–water partition coefficient (Wildman–Crippen LogP) is 4.21. The van der Waals surface area contributed by atoms with Crippen molar-refractivity contribution >= 4 is 35.1 Å². The highest BCUT2D eigenvalue weighted by Gasteiger charge is 2.31. The van der Waals surface area contributed by atoms with Crippen molar-refractivity contribution in [2.24, 2.45) is 0 Å². The minimum absolute atomic E-state index is 0.138. The first kappa shape index (κ1) is 21.3. The molecule has 0 radical (unpaired) electrons. The number of aromatic nitrogens is 2. The van der Waals surface area contributed by atoms with E-state index < -0.39 is 5.92 Å². The van der Waals surface area contributed by atoms with E-state index in [9.17, 15) is 9.59 Å². The molecular formula is C22H20ClN3O4S. The zero-order valence-corrected chi connectivity index (χ0v) is 18.5. The van der Waals surface area contributed by atoms with Crippen LogP contribution in [-0.4, -0.2) is 29.2 Å². The van der Waals surface area contributed by atoms with E-state index in [1.807, 2.05) is 24.3 Å². The molecule has 1 unspecified atom stereocenters. The van der Waals surface area contributed by atoms with Crippen LogP contribution in [0.1, 0.15) is 29.0 Å². The van der Waals surface area contributed by atoms with Crippen LogP contribution in [0.4, 0.5) is 5.82 Å². The van der Waals surface area contributed by atoms with Crippen molar-refractivity contribution in [3.8, 4) is 11.5 Å². The lowest BCUT2D eigenvalue weighted by Gasteiger charge is -2.25. The summed E-state index contributed by atoms with van der Waals surface area (Å²) in [4.78, 5) is 32.1. The van der Waals surface area contributed by atoms with Crippen LogP contribution in [0.15, 0.2) is 52.4 Å². The van der Waals surface area contributed by atoms with Gasteiger partial charge in [0.15, 0.2) is 16.7 Å². The number of nitrogens with zero attached hydrogens (tertiary/aromatic N) is 1. The molecule has 1 aliphatic rings. The van der Waals surface area contributed by atoms with E-state index in [1.165, 1.54) is 11.8 Å². The van der Waals surface area contributed by atoms with Gasteiger partial charge in [-0.25, -0.2) is 4.98 Å². The molecular weight excluding hydrogens is 438 g/mol. The number of fused-ring (bicyclic) bond motifs is 1. The quantitative estimate of drug-likeness (QED) is 0.425. The maximum Gasteiger partial charge on any atom is 0.257 e. The Labute approximate surface area is 188 Å². The van der Waals surface area contributed by atoms with E-state index in [-0.39, 0.29) is 24.5 Å². The van der Waals surface area contributed by atoms with Gasteiger partial charge in [0, 0.05) is 22.9 Å². The van der Waals surface area contributed by atoms with Crippen molar-refractivity contribution in [2.45, 2.75) is 24.1 Å². The Morgan fingerprint density at radius 2 is 2.00 bits per heavy atom. The number of carbonyl (C=O) groups is 1. The van der Waals surface area contributed by atoms with Gasteiger partial charge in [0.05, 0.1) is 12.7 Å². The fourth-order valence-electron chi connectivity index (χ4n) is 3.52. The monoisotopic (exact) mass is 457 g/mol. The first-order valence-corrected chi connectivity index (χ1v) is 11.1. The summed E-state index contributed by atoms with van der Waals surface area (Å²) in [5, 5.41) is 3.78. The zero-order chi connectivity index (χ0) is 22.0. The fourth-order valence-corrected chi connectivity index (χ4v) is 4.09. The maximum absolute atomic E-state index is 12.7. The van der Waals surface area contributed by atoms with E-state index in [1.54, 1.807) is 31.6 Å². The average Bonchev–Trinajstić information content (AvgIpc) is 2.77. The highest BCUT2D eigenvalue weighted by molar-refractivity contribution is 7.98. The van der Waals surface area contributed by atoms with Gasteiger partial charge in [0.1, 0.15) is 12.4 Å². The number of methoxy groups -OCH3 is 1. The third-order valence-corrected chi connectivity index (χ3v) is 6.00. The van der Waals surface area contributed by atoms with Crippen LogP contribution in [-0.2, 0) is 11.4 Å². The summed E-state index contributed by atoms with van der Waals surface area (Å²) < 4.78 is 11.4. The minimum atomic E-state index is -0.442. The van der Waals surface area contributed by atoms with E-state index in [0.717, 1.165) is 11.1 Å². The molecule has 0 saturated carbocycles. The van der Waals surface area contributed by atoms with Gasteiger partial charge in [-0.15, -0.1) is 0 Å². The van der Waals surface area contributed by atoms with Gasteiger partial charge in [-0.1, -0.05) is 47.6 Å². The number of hydrogen-bond donors (Lipinski definition) is 2. The SMILES string of the molecule is COc1cc(C2CC(=O)Nc3nc(SC)[nH]c(=O)c32)ccc1OCc1ccccc1Cl. The van der Waals surface area contributed by atoms with Crippen molar-refractivity contribution in [3.05, 3.63) is 74.5 Å². The molecule has 9 heteroatoms. The van der Waals surface area contributed by atoms with Crippen LogP contribution in [0.25, 0.3) is 0 Å². The number of nitrogens with one attached hydrogen (secondary N) is 2. The van der Waals surface area contributed by atoms with Crippen molar-refractivity contribution < 1.29 is 14.3 Å². The molecule has 160 valence electrons. The van der Waals surface area contributed by atoms with E-state index in [4.69, 9.17) is 21.1 Å². The number of halogens is 1. The van der Waals surface area contributed by atoms with E-state index in [2.05, 4.69) is 15.3 Å². The third kappa shape index (κ3) is 4.40. The smallest absolute Gasteiger partial charge is 0.257 e. The van der Waals surface area contributed by atoms with Crippen molar-refractivity contribution in [1.82, 2.24) is 9.97 Å². The lowest BCUT2D eigenvalue weighted by molar-refractivity contribution is -0.116. The number of amides is 1. The summed E-state index contributed by atoms with van der Waals surface area (Å²) in [7, 11) is 1.54. The predicted molar refractivity (Wildman–Crippen MR) is 121 cm³/mol. The second-order valence-corrected chi connectivity index (χ2v) is 8.13. The summed E-state index contributed by atoms with van der Waals surface area (Å²) in [6.07, 6.45) is 1.94. The summed E-state index contributed by atoms with van der Waals surface area (Å²) in [6, 6.07) is 12.8. The molecule has 7 nitrogen and oxygen atoms in total. The minimum Gasteiger partial charge on any atom is -0.493 e. The van der Waals surface area contributed by atoms with Crippen molar-refractivity contribution in [3.63, 3.8) is 0 Å². The van der Waals surface area contributed by atoms with Gasteiger partial charge in [-0.2, -0.15) is 0 Å². The number of thioether (sulfide) groups is 1. The van der Waals surface area contributed by atoms with Crippen molar-refractivity contribution in [2.75, 3.05) is 18.7 Å². The van der Waals surface area contributed by atoms with Crippen LogP contribution >= 0.6 is 23.4 Å². The lowest BCUT2D eigenvalue weighted by Crippen LogP contribution is -2.31. The number of aromatic amines is 1. The van der Waals surface area contributed by atoms with Gasteiger partial charge in [0.2, 0.25) is 5.91 Å². The van der Waals surface area contributed by atoms with Crippen LogP contribution in [0, 0.1) is 0 Å². The molecule has 1 aromatic heterocycles. The topological polar surface area (TPSA) is 93.3 Å². The number of carbonyl (C=O) groups excluding carboxylic acids is 1. The average molecular weight is 458 g/mol. The Bertz CT molecular complexity index is 1200. The summed E-state index contributed by atoms with van der Waals surface area (Å²) in [6.45, 7) is 0.283. The first-order valence-electron chi connectivity index (χ1n) is 9.52. The van der Waals surface area contributed by atoms with Crippen LogP contribution in [0.3, 0.4) is 0 Å². The van der Waals surface area contributed by atoms with Crippen molar-refractivity contribution in [1.29, 1.82) is 0 Å². The molecule has 31 heavy (non-hydrogen) atoms. The molecule has 0 saturated heterocycles. The van der Waals surface area contributed by atoms with Gasteiger partial charge >= 0.3 is 0 Å². The number of ether oxygens (including phenoxy) is 2. The molecule has 2 aromatic carbocycles. The van der Waals surface area contributed by atoms with Gasteiger partial charge in [0.25, 0.3) is 5.56 Å². The molecule has 0 bridgehead atoms. The Hall–Kier alpha value is -2.97. The third-order valence-electron chi connectivity index (χ3n) is 5.05. The first-order chi connectivity index (χ1) is 15.0. The van der Waals surface area contributed by atoms with Gasteiger partial charge in [-0.05, 0) is 30.0 Å². The fraction of sp³-hybridized carbons (Fsp3) is 0.227.